The molecule has 0 bridgehead atoms. The van der Waals surface area contributed by atoms with Gasteiger partial charge in [-0.3, -0.25) is 14.6 Å². The molecule has 0 radical (unpaired) electrons. The fraction of sp³-hybridized carbons (Fsp3) is 0.111. The molecule has 2 N–H and O–H groups in total. The van der Waals surface area contributed by atoms with E-state index in [1.165, 1.54) is 29.9 Å². The number of rotatable bonds is 5. The molecule has 0 aliphatic carbocycles. The Bertz CT molecular complexity index is 865. The van der Waals surface area contributed by atoms with Gasteiger partial charge in [0.15, 0.2) is 0 Å². The maximum Gasteiger partial charge on any atom is 0.275 e. The smallest absolute Gasteiger partial charge is 0.275 e. The maximum absolute atomic E-state index is 12.5. The summed E-state index contributed by atoms with van der Waals surface area (Å²) in [6.45, 7) is 1.92. The minimum absolute atomic E-state index is 0.139. The number of carbonyl (C=O) groups is 2. The summed E-state index contributed by atoms with van der Waals surface area (Å²) in [4.78, 5) is 33.0. The first kappa shape index (κ1) is 16.8. The number of nitrogens with zero attached hydrogens (tertiary/aromatic N) is 2. The van der Waals surface area contributed by atoms with Crippen LogP contribution < -0.4 is 10.6 Å². The molecule has 2 amide bonds. The monoisotopic (exact) mass is 352 g/mol. The highest BCUT2D eigenvalue weighted by molar-refractivity contribution is 7.12. The molecule has 1 atom stereocenters. The van der Waals surface area contributed by atoms with E-state index in [2.05, 4.69) is 20.6 Å². The van der Waals surface area contributed by atoms with E-state index in [-0.39, 0.29) is 17.6 Å². The lowest BCUT2D eigenvalue weighted by molar-refractivity contribution is 0.0945. The van der Waals surface area contributed by atoms with Gasteiger partial charge < -0.3 is 10.6 Å². The summed E-state index contributed by atoms with van der Waals surface area (Å²) in [5.41, 5.74) is 1.66. The summed E-state index contributed by atoms with van der Waals surface area (Å²) in [5.74, 6) is -0.641. The first-order valence-electron chi connectivity index (χ1n) is 7.66. The molecule has 2 aromatic heterocycles. The molecule has 0 spiro atoms. The number of amides is 2. The third-order valence-corrected chi connectivity index (χ3v) is 4.48. The fourth-order valence-electron chi connectivity index (χ4n) is 2.27. The second kappa shape index (κ2) is 7.67. The van der Waals surface area contributed by atoms with Crippen molar-refractivity contribution >= 4 is 28.8 Å². The lowest BCUT2D eigenvalue weighted by atomic mass is 10.1. The van der Waals surface area contributed by atoms with Crippen LogP contribution in [-0.2, 0) is 0 Å². The number of thiophene rings is 1. The molecule has 6 nitrogen and oxygen atoms in total. The van der Waals surface area contributed by atoms with Gasteiger partial charge in [0.25, 0.3) is 11.8 Å². The molecule has 2 heterocycles. The largest absolute Gasteiger partial charge is 0.345 e. The molecule has 0 saturated carbocycles. The number of aromatic nitrogens is 2. The zero-order valence-corrected chi connectivity index (χ0v) is 14.3. The van der Waals surface area contributed by atoms with E-state index in [1.807, 2.05) is 37.3 Å². The Kier molecular flexibility index (Phi) is 5.15. The minimum atomic E-state index is -0.406. The third kappa shape index (κ3) is 4.07. The lowest BCUT2D eigenvalue weighted by Crippen LogP contribution is -2.27. The van der Waals surface area contributed by atoms with Crippen molar-refractivity contribution in [3.63, 3.8) is 0 Å². The summed E-state index contributed by atoms with van der Waals surface area (Å²) in [6.07, 6.45) is 4.31. The molecule has 7 heteroatoms. The maximum atomic E-state index is 12.5. The molecule has 0 saturated heterocycles. The van der Waals surface area contributed by atoms with Gasteiger partial charge >= 0.3 is 0 Å². The average molecular weight is 352 g/mol. The van der Waals surface area contributed by atoms with Crippen molar-refractivity contribution < 1.29 is 9.59 Å². The Balaban J connectivity index is 1.71. The molecule has 0 fully saturated rings. The van der Waals surface area contributed by atoms with Crippen LogP contribution in [0.1, 0.15) is 38.7 Å². The first-order chi connectivity index (χ1) is 12.1. The third-order valence-electron chi connectivity index (χ3n) is 3.56. The van der Waals surface area contributed by atoms with Crippen LogP contribution in [0.5, 0.6) is 0 Å². The zero-order valence-electron chi connectivity index (χ0n) is 13.5. The summed E-state index contributed by atoms with van der Waals surface area (Å²) in [6, 6.07) is 11.2. The summed E-state index contributed by atoms with van der Waals surface area (Å²) < 4.78 is 0. The van der Waals surface area contributed by atoms with Crippen molar-refractivity contribution in [2.24, 2.45) is 0 Å². The standard InChI is InChI=1S/C18H16N4O2S/c1-12(13-5-3-2-4-6-13)21-18(24)16-14(7-10-25-16)22-17(23)15-11-19-8-9-20-15/h2-12H,1H3,(H,21,24)(H,22,23)/t12-/m0/s1. The van der Waals surface area contributed by atoms with E-state index in [9.17, 15) is 9.59 Å². The number of hydrogen-bond acceptors (Lipinski definition) is 5. The van der Waals surface area contributed by atoms with Gasteiger partial charge in [0.1, 0.15) is 10.6 Å². The zero-order chi connectivity index (χ0) is 17.6. The first-order valence-corrected chi connectivity index (χ1v) is 8.54. The van der Waals surface area contributed by atoms with Crippen LogP contribution >= 0.6 is 11.3 Å². The van der Waals surface area contributed by atoms with Gasteiger partial charge in [-0.15, -0.1) is 11.3 Å². The lowest BCUT2D eigenvalue weighted by Gasteiger charge is -2.14. The molecule has 25 heavy (non-hydrogen) atoms. The van der Waals surface area contributed by atoms with Crippen molar-refractivity contribution in [3.05, 3.63) is 76.5 Å². The highest BCUT2D eigenvalue weighted by Gasteiger charge is 2.18. The normalized spacial score (nSPS) is 11.6. The molecule has 0 unspecified atom stereocenters. The van der Waals surface area contributed by atoms with E-state index in [0.717, 1.165) is 5.56 Å². The SMILES string of the molecule is C[C@H](NC(=O)c1sccc1NC(=O)c1cnccn1)c1ccccc1. The van der Waals surface area contributed by atoms with Crippen LogP contribution in [0.3, 0.4) is 0 Å². The van der Waals surface area contributed by atoms with Gasteiger partial charge in [0, 0.05) is 12.4 Å². The Morgan fingerprint density at radius 2 is 1.88 bits per heavy atom. The van der Waals surface area contributed by atoms with E-state index >= 15 is 0 Å². The Morgan fingerprint density at radius 3 is 2.60 bits per heavy atom. The predicted molar refractivity (Wildman–Crippen MR) is 96.6 cm³/mol. The second-order valence-electron chi connectivity index (χ2n) is 5.31. The van der Waals surface area contributed by atoms with E-state index in [4.69, 9.17) is 0 Å². The van der Waals surface area contributed by atoms with Crippen LogP contribution in [0.25, 0.3) is 0 Å². The Labute approximate surface area is 149 Å². The molecule has 3 rings (SSSR count). The van der Waals surface area contributed by atoms with Gasteiger partial charge in [-0.2, -0.15) is 0 Å². The van der Waals surface area contributed by atoms with Crippen molar-refractivity contribution in [1.29, 1.82) is 0 Å². The summed E-state index contributed by atoms with van der Waals surface area (Å²) in [7, 11) is 0. The number of carbonyl (C=O) groups excluding carboxylic acids is 2. The number of nitrogens with one attached hydrogen (secondary N) is 2. The van der Waals surface area contributed by atoms with Crippen LogP contribution in [0, 0.1) is 0 Å². The molecular weight excluding hydrogens is 336 g/mol. The van der Waals surface area contributed by atoms with Gasteiger partial charge in [0.05, 0.1) is 17.9 Å². The number of anilines is 1. The summed E-state index contributed by atoms with van der Waals surface area (Å²) in [5, 5.41) is 7.41. The number of hydrogen-bond donors (Lipinski definition) is 2. The second-order valence-corrected chi connectivity index (χ2v) is 6.23. The topological polar surface area (TPSA) is 84.0 Å². The van der Waals surface area contributed by atoms with Crippen LogP contribution in [-0.4, -0.2) is 21.8 Å². The predicted octanol–water partition coefficient (Wildman–Crippen LogP) is 3.28. The highest BCUT2D eigenvalue weighted by Crippen LogP contribution is 2.24. The highest BCUT2D eigenvalue weighted by atomic mass is 32.1. The molecule has 0 aliphatic heterocycles. The molecule has 3 aromatic rings. The Hall–Kier alpha value is -3.06. The summed E-state index contributed by atoms with van der Waals surface area (Å²) >= 11 is 1.27. The average Bonchev–Trinajstić information content (AvgIpc) is 3.11. The van der Waals surface area contributed by atoms with E-state index in [0.29, 0.717) is 10.6 Å². The van der Waals surface area contributed by atoms with Crippen molar-refractivity contribution in [2.75, 3.05) is 5.32 Å². The van der Waals surface area contributed by atoms with Crippen LogP contribution in [0.4, 0.5) is 5.69 Å². The fourth-order valence-corrected chi connectivity index (χ4v) is 3.03. The van der Waals surface area contributed by atoms with Gasteiger partial charge in [-0.25, -0.2) is 4.98 Å². The Morgan fingerprint density at radius 1 is 1.08 bits per heavy atom. The minimum Gasteiger partial charge on any atom is -0.345 e. The van der Waals surface area contributed by atoms with Crippen LogP contribution in [0.15, 0.2) is 60.4 Å². The van der Waals surface area contributed by atoms with E-state index in [1.54, 1.807) is 11.4 Å². The van der Waals surface area contributed by atoms with Crippen molar-refractivity contribution in [3.8, 4) is 0 Å². The van der Waals surface area contributed by atoms with Crippen molar-refractivity contribution in [2.45, 2.75) is 13.0 Å². The van der Waals surface area contributed by atoms with Gasteiger partial charge in [-0.1, -0.05) is 30.3 Å². The molecule has 1 aromatic carbocycles. The van der Waals surface area contributed by atoms with Gasteiger partial charge in [0.2, 0.25) is 0 Å². The quantitative estimate of drug-likeness (QED) is 0.738. The molecule has 0 aliphatic rings. The number of benzene rings is 1. The van der Waals surface area contributed by atoms with E-state index < -0.39 is 5.91 Å². The van der Waals surface area contributed by atoms with Crippen LogP contribution in [0.2, 0.25) is 0 Å². The molecule has 126 valence electrons. The molecular formula is C18H16N4O2S. The van der Waals surface area contributed by atoms with Crippen molar-refractivity contribution in [1.82, 2.24) is 15.3 Å². The van der Waals surface area contributed by atoms with Gasteiger partial charge in [-0.05, 0) is 23.9 Å².